The number of piperazine rings is 1. The number of benzene rings is 1. The van der Waals surface area contributed by atoms with Crippen LogP contribution in [0, 0.1) is 0 Å². The lowest BCUT2D eigenvalue weighted by molar-refractivity contribution is 0.101. The van der Waals surface area contributed by atoms with Gasteiger partial charge in [0.05, 0.1) is 5.56 Å². The molecule has 0 spiro atoms. The van der Waals surface area contributed by atoms with E-state index < -0.39 is 0 Å². The zero-order chi connectivity index (χ0) is 17.5. The second-order valence-electron chi connectivity index (χ2n) is 5.67. The van der Waals surface area contributed by atoms with Crippen LogP contribution in [0.15, 0.2) is 36.7 Å². The summed E-state index contributed by atoms with van der Waals surface area (Å²) in [4.78, 5) is 22.4. The number of para-hydroxylation sites is 1. The minimum absolute atomic E-state index is 0.0218. The number of hydrogen-bond donors (Lipinski definition) is 1. The van der Waals surface area contributed by atoms with Crippen LogP contribution in [0.2, 0.25) is 0 Å². The van der Waals surface area contributed by atoms with Gasteiger partial charge in [-0.1, -0.05) is 12.1 Å². The Kier molecular flexibility index (Phi) is 5.79. The average Bonchev–Trinajstić information content (AvgIpc) is 2.66. The van der Waals surface area contributed by atoms with Crippen molar-refractivity contribution in [2.24, 2.45) is 0 Å². The molecule has 0 unspecified atom stereocenters. The molecule has 0 amide bonds. The number of ketones is 1. The molecule has 0 atom stereocenters. The molecule has 1 aliphatic rings. The molecule has 0 saturated carbocycles. The molecular weight excluding hydrogens is 320 g/mol. The predicted molar refractivity (Wildman–Crippen MR) is 94.6 cm³/mol. The minimum atomic E-state index is -0.0218. The average molecular weight is 342 g/mol. The fraction of sp³-hybridized carbons (Fsp3) is 0.389. The van der Waals surface area contributed by atoms with Crippen molar-refractivity contribution in [2.45, 2.75) is 6.92 Å². The third kappa shape index (κ3) is 4.45. The van der Waals surface area contributed by atoms with Gasteiger partial charge in [-0.25, -0.2) is 9.97 Å². The lowest BCUT2D eigenvalue weighted by Crippen LogP contribution is -2.44. The zero-order valence-corrected chi connectivity index (χ0v) is 14.3. The van der Waals surface area contributed by atoms with Crippen molar-refractivity contribution < 1.29 is 14.3 Å². The fourth-order valence-corrected chi connectivity index (χ4v) is 2.69. The minimum Gasteiger partial charge on any atom is -0.489 e. The summed E-state index contributed by atoms with van der Waals surface area (Å²) < 4.78 is 11.5. The topological polar surface area (TPSA) is 76.6 Å². The summed E-state index contributed by atoms with van der Waals surface area (Å²) in [5, 5.41) is 3.31. The van der Waals surface area contributed by atoms with Gasteiger partial charge in [-0.2, -0.15) is 0 Å². The predicted octanol–water partition coefficient (Wildman–Crippen LogP) is 1.55. The van der Waals surface area contributed by atoms with E-state index in [4.69, 9.17) is 9.47 Å². The molecule has 2 heterocycles. The number of Topliss-reactive ketones (excluding diaryl/α,β-unsaturated/α-hetero) is 1. The molecule has 3 rings (SSSR count). The molecular formula is C18H22N4O3. The Labute approximate surface area is 147 Å². The summed E-state index contributed by atoms with van der Waals surface area (Å²) in [6.07, 6.45) is 3.29. The molecule has 0 aliphatic carbocycles. The van der Waals surface area contributed by atoms with Gasteiger partial charge in [-0.3, -0.25) is 4.79 Å². The highest BCUT2D eigenvalue weighted by atomic mass is 16.5. The molecule has 1 N–H and O–H groups in total. The van der Waals surface area contributed by atoms with Crippen molar-refractivity contribution in [3.63, 3.8) is 0 Å². The molecule has 0 radical (unpaired) electrons. The summed E-state index contributed by atoms with van der Waals surface area (Å²) in [6.45, 7) is 5.75. The number of rotatable bonds is 7. The Bertz CT molecular complexity index is 717. The molecule has 1 fully saturated rings. The summed E-state index contributed by atoms with van der Waals surface area (Å²) in [5.41, 5.74) is 0.573. The van der Waals surface area contributed by atoms with Crippen molar-refractivity contribution in [1.82, 2.24) is 15.3 Å². The first-order valence-electron chi connectivity index (χ1n) is 8.38. The molecule has 1 aromatic heterocycles. The largest absolute Gasteiger partial charge is 0.489 e. The number of nitrogens with zero attached hydrogens (tertiary/aromatic N) is 3. The number of hydrogen-bond acceptors (Lipinski definition) is 7. The van der Waals surface area contributed by atoms with Gasteiger partial charge in [0.1, 0.15) is 19.0 Å². The van der Waals surface area contributed by atoms with Crippen LogP contribution in [0.25, 0.3) is 0 Å². The first-order valence-corrected chi connectivity index (χ1v) is 8.38. The SMILES string of the molecule is CC(=O)c1ccccc1OCCOc1nccnc1N1CCNCC1. The highest BCUT2D eigenvalue weighted by Gasteiger charge is 2.17. The molecule has 7 heteroatoms. The maximum absolute atomic E-state index is 11.6. The zero-order valence-electron chi connectivity index (χ0n) is 14.3. The van der Waals surface area contributed by atoms with Crippen molar-refractivity contribution >= 4 is 11.6 Å². The van der Waals surface area contributed by atoms with Crippen LogP contribution in [0.4, 0.5) is 5.82 Å². The molecule has 7 nitrogen and oxygen atoms in total. The number of carbonyl (C=O) groups excluding carboxylic acids is 1. The first kappa shape index (κ1) is 17.2. The van der Waals surface area contributed by atoms with Gasteiger partial charge in [0.25, 0.3) is 5.88 Å². The Balaban J connectivity index is 1.57. The van der Waals surface area contributed by atoms with Crippen LogP contribution in [-0.2, 0) is 0 Å². The second kappa shape index (κ2) is 8.43. The van der Waals surface area contributed by atoms with Gasteiger partial charge in [-0.15, -0.1) is 0 Å². The third-order valence-corrected chi connectivity index (χ3v) is 3.91. The normalized spacial score (nSPS) is 14.2. The molecule has 132 valence electrons. The van der Waals surface area contributed by atoms with Crippen molar-refractivity contribution in [3.05, 3.63) is 42.2 Å². The highest BCUT2D eigenvalue weighted by Crippen LogP contribution is 2.23. The van der Waals surface area contributed by atoms with Crippen molar-refractivity contribution in [2.75, 3.05) is 44.3 Å². The van der Waals surface area contributed by atoms with E-state index in [0.717, 1.165) is 32.0 Å². The number of anilines is 1. The lowest BCUT2D eigenvalue weighted by atomic mass is 10.1. The quantitative estimate of drug-likeness (QED) is 0.604. The van der Waals surface area contributed by atoms with Gasteiger partial charge in [-0.05, 0) is 19.1 Å². The Morgan fingerprint density at radius 3 is 2.64 bits per heavy atom. The van der Waals surface area contributed by atoms with E-state index in [1.54, 1.807) is 24.5 Å². The van der Waals surface area contributed by atoms with Gasteiger partial charge in [0, 0.05) is 38.6 Å². The number of carbonyl (C=O) groups is 1. The maximum atomic E-state index is 11.6. The van der Waals surface area contributed by atoms with Crippen LogP contribution < -0.4 is 19.7 Å². The molecule has 1 aliphatic heterocycles. The van der Waals surface area contributed by atoms with Gasteiger partial charge >= 0.3 is 0 Å². The van der Waals surface area contributed by atoms with Gasteiger partial charge < -0.3 is 19.7 Å². The van der Waals surface area contributed by atoms with E-state index in [0.29, 0.717) is 30.4 Å². The fourth-order valence-electron chi connectivity index (χ4n) is 2.69. The molecule has 25 heavy (non-hydrogen) atoms. The van der Waals surface area contributed by atoms with E-state index in [-0.39, 0.29) is 5.78 Å². The number of nitrogens with one attached hydrogen (secondary N) is 1. The summed E-state index contributed by atoms with van der Waals surface area (Å²) in [7, 11) is 0. The Hall–Kier alpha value is -2.67. The molecule has 1 aromatic carbocycles. The summed E-state index contributed by atoms with van der Waals surface area (Å²) in [5.74, 6) is 1.81. The number of aromatic nitrogens is 2. The molecule has 1 saturated heterocycles. The van der Waals surface area contributed by atoms with Crippen LogP contribution in [-0.4, -0.2) is 55.1 Å². The van der Waals surface area contributed by atoms with Crippen LogP contribution in [0.5, 0.6) is 11.6 Å². The van der Waals surface area contributed by atoms with Crippen molar-refractivity contribution in [1.29, 1.82) is 0 Å². The first-order chi connectivity index (χ1) is 12.3. The van der Waals surface area contributed by atoms with Crippen LogP contribution in [0.3, 0.4) is 0 Å². The summed E-state index contributed by atoms with van der Waals surface area (Å²) in [6, 6.07) is 7.20. The Morgan fingerprint density at radius 2 is 1.84 bits per heavy atom. The van der Waals surface area contributed by atoms with E-state index in [1.807, 2.05) is 12.1 Å². The van der Waals surface area contributed by atoms with E-state index in [1.165, 1.54) is 6.92 Å². The lowest BCUT2D eigenvalue weighted by Gasteiger charge is -2.28. The van der Waals surface area contributed by atoms with E-state index >= 15 is 0 Å². The third-order valence-electron chi connectivity index (χ3n) is 3.91. The Morgan fingerprint density at radius 1 is 1.12 bits per heavy atom. The monoisotopic (exact) mass is 342 g/mol. The smallest absolute Gasteiger partial charge is 0.257 e. The number of ether oxygens (including phenoxy) is 2. The summed E-state index contributed by atoms with van der Waals surface area (Å²) >= 11 is 0. The standard InChI is InChI=1S/C18H22N4O3/c1-14(23)15-4-2-3-5-16(15)24-12-13-25-18-17(20-6-7-21-18)22-10-8-19-9-11-22/h2-7,19H,8-13H2,1H3. The molecule has 0 bridgehead atoms. The molecule has 2 aromatic rings. The van der Waals surface area contributed by atoms with Gasteiger partial charge in [0.15, 0.2) is 11.6 Å². The van der Waals surface area contributed by atoms with E-state index in [2.05, 4.69) is 20.2 Å². The van der Waals surface area contributed by atoms with E-state index in [9.17, 15) is 4.79 Å². The van der Waals surface area contributed by atoms with Gasteiger partial charge in [0.2, 0.25) is 0 Å². The van der Waals surface area contributed by atoms with Crippen LogP contribution in [0.1, 0.15) is 17.3 Å². The second-order valence-corrected chi connectivity index (χ2v) is 5.67. The van der Waals surface area contributed by atoms with Crippen LogP contribution >= 0.6 is 0 Å². The van der Waals surface area contributed by atoms with Crippen molar-refractivity contribution in [3.8, 4) is 11.6 Å². The highest BCUT2D eigenvalue weighted by molar-refractivity contribution is 5.96. The maximum Gasteiger partial charge on any atom is 0.257 e.